The zero-order valence-corrected chi connectivity index (χ0v) is 14.7. The molecule has 0 radical (unpaired) electrons. The molecule has 2 aromatic carbocycles. The van der Waals surface area contributed by atoms with Crippen LogP contribution in [0.1, 0.15) is 23.1 Å². The van der Waals surface area contributed by atoms with Gasteiger partial charge in [0.2, 0.25) is 0 Å². The molecule has 0 saturated carbocycles. The predicted molar refractivity (Wildman–Crippen MR) is 96.0 cm³/mol. The molecule has 27 heavy (non-hydrogen) atoms. The molecular formula is C19H17FN4O3. The lowest BCUT2D eigenvalue weighted by molar-refractivity contribution is -0.123. The van der Waals surface area contributed by atoms with Crippen LogP contribution in [-0.2, 0) is 9.53 Å². The Hall–Kier alpha value is -3.55. The van der Waals surface area contributed by atoms with Gasteiger partial charge in [-0.2, -0.15) is 9.90 Å². The molecule has 1 heterocycles. The maximum atomic E-state index is 13.6. The van der Waals surface area contributed by atoms with Crippen molar-refractivity contribution in [1.29, 1.82) is 0 Å². The molecule has 1 N–H and O–H groups in total. The van der Waals surface area contributed by atoms with Crippen molar-refractivity contribution in [3.8, 4) is 5.69 Å². The Morgan fingerprint density at radius 2 is 1.74 bits per heavy atom. The summed E-state index contributed by atoms with van der Waals surface area (Å²) in [6.45, 7) is 3.01. The number of hydrogen-bond donors (Lipinski definition) is 1. The molecular weight excluding hydrogens is 351 g/mol. The highest BCUT2D eigenvalue weighted by atomic mass is 19.1. The number of anilines is 1. The summed E-state index contributed by atoms with van der Waals surface area (Å²) < 4.78 is 18.8. The lowest BCUT2D eigenvalue weighted by atomic mass is 10.3. The van der Waals surface area contributed by atoms with Gasteiger partial charge in [-0.25, -0.2) is 9.18 Å². The van der Waals surface area contributed by atoms with Gasteiger partial charge in [0.15, 0.2) is 11.8 Å². The first-order valence-electron chi connectivity index (χ1n) is 8.21. The van der Waals surface area contributed by atoms with Gasteiger partial charge in [0.1, 0.15) is 5.82 Å². The van der Waals surface area contributed by atoms with Crippen LogP contribution in [0, 0.1) is 12.7 Å². The van der Waals surface area contributed by atoms with E-state index in [1.807, 2.05) is 18.2 Å². The largest absolute Gasteiger partial charge is 0.448 e. The van der Waals surface area contributed by atoms with Gasteiger partial charge in [-0.3, -0.25) is 4.79 Å². The Morgan fingerprint density at radius 3 is 2.44 bits per heavy atom. The van der Waals surface area contributed by atoms with Crippen LogP contribution in [0.25, 0.3) is 5.69 Å². The number of rotatable bonds is 5. The van der Waals surface area contributed by atoms with Gasteiger partial charge in [0.05, 0.1) is 17.1 Å². The monoisotopic (exact) mass is 368 g/mol. The molecule has 0 fully saturated rings. The normalized spacial score (nSPS) is 11.7. The van der Waals surface area contributed by atoms with Crippen LogP contribution in [-0.4, -0.2) is 33.0 Å². The molecule has 1 aromatic heterocycles. The van der Waals surface area contributed by atoms with Crippen molar-refractivity contribution in [3.63, 3.8) is 0 Å². The zero-order chi connectivity index (χ0) is 19.4. The number of nitrogens with zero attached hydrogens (tertiary/aromatic N) is 3. The second-order valence-electron chi connectivity index (χ2n) is 5.78. The summed E-state index contributed by atoms with van der Waals surface area (Å²) in [5.41, 5.74) is 1.07. The molecule has 1 atom stereocenters. The summed E-state index contributed by atoms with van der Waals surface area (Å²) in [5, 5.41) is 10.7. The number of esters is 1. The fraction of sp³-hybridized carbons (Fsp3) is 0.158. The first-order valence-corrected chi connectivity index (χ1v) is 8.21. The molecule has 0 spiro atoms. The molecule has 7 nitrogen and oxygen atoms in total. The van der Waals surface area contributed by atoms with Gasteiger partial charge in [-0.05, 0) is 38.1 Å². The topological polar surface area (TPSA) is 86.1 Å². The third-order valence-corrected chi connectivity index (χ3v) is 3.75. The minimum absolute atomic E-state index is 0.00407. The van der Waals surface area contributed by atoms with Crippen LogP contribution in [0.4, 0.5) is 10.1 Å². The smallest absolute Gasteiger partial charge is 0.361 e. The van der Waals surface area contributed by atoms with Crippen molar-refractivity contribution < 1.29 is 18.7 Å². The first-order chi connectivity index (χ1) is 13.0. The maximum absolute atomic E-state index is 13.6. The van der Waals surface area contributed by atoms with E-state index in [1.54, 1.807) is 25.1 Å². The van der Waals surface area contributed by atoms with Crippen molar-refractivity contribution in [3.05, 3.63) is 71.8 Å². The van der Waals surface area contributed by atoms with Crippen molar-refractivity contribution >= 4 is 17.6 Å². The summed E-state index contributed by atoms with van der Waals surface area (Å²) in [6.07, 6.45) is -1.14. The lowest BCUT2D eigenvalue weighted by Crippen LogP contribution is -2.30. The Morgan fingerprint density at radius 1 is 1.07 bits per heavy atom. The quantitative estimate of drug-likeness (QED) is 0.700. The number of carbonyl (C=O) groups is 2. The molecule has 8 heteroatoms. The highest BCUT2D eigenvalue weighted by Gasteiger charge is 2.24. The Balaban J connectivity index is 1.69. The van der Waals surface area contributed by atoms with Crippen LogP contribution in [0.5, 0.6) is 0 Å². The summed E-state index contributed by atoms with van der Waals surface area (Å²) in [7, 11) is 0. The number of halogens is 1. The van der Waals surface area contributed by atoms with E-state index in [-0.39, 0.29) is 11.4 Å². The Kier molecular flexibility index (Phi) is 5.25. The zero-order valence-electron chi connectivity index (χ0n) is 14.7. The van der Waals surface area contributed by atoms with Crippen LogP contribution < -0.4 is 5.32 Å². The third-order valence-electron chi connectivity index (χ3n) is 3.75. The molecule has 1 amide bonds. The lowest BCUT2D eigenvalue weighted by Gasteiger charge is -2.13. The number of benzene rings is 2. The van der Waals surface area contributed by atoms with Crippen molar-refractivity contribution in [2.24, 2.45) is 0 Å². The minimum Gasteiger partial charge on any atom is -0.448 e. The van der Waals surface area contributed by atoms with Gasteiger partial charge < -0.3 is 10.1 Å². The molecule has 1 unspecified atom stereocenters. The van der Waals surface area contributed by atoms with Crippen molar-refractivity contribution in [2.75, 3.05) is 5.32 Å². The van der Waals surface area contributed by atoms with Gasteiger partial charge >= 0.3 is 5.97 Å². The molecule has 3 aromatic rings. The second-order valence-corrected chi connectivity index (χ2v) is 5.78. The van der Waals surface area contributed by atoms with Crippen molar-refractivity contribution in [2.45, 2.75) is 20.0 Å². The Bertz CT molecular complexity index is 972. The van der Waals surface area contributed by atoms with Crippen LogP contribution >= 0.6 is 0 Å². The number of ether oxygens (including phenoxy) is 1. The van der Waals surface area contributed by atoms with Crippen LogP contribution in [0.15, 0.2) is 54.6 Å². The summed E-state index contributed by atoms with van der Waals surface area (Å²) >= 11 is 0. The summed E-state index contributed by atoms with van der Waals surface area (Å²) in [6, 6.07) is 14.8. The molecule has 0 aliphatic carbocycles. The number of nitrogens with one attached hydrogen (secondary N) is 1. The van der Waals surface area contributed by atoms with E-state index >= 15 is 0 Å². The van der Waals surface area contributed by atoms with Gasteiger partial charge in [0.25, 0.3) is 5.91 Å². The Labute approximate surface area is 154 Å². The van der Waals surface area contributed by atoms with E-state index in [4.69, 9.17) is 4.74 Å². The summed E-state index contributed by atoms with van der Waals surface area (Å²) in [4.78, 5) is 25.8. The van der Waals surface area contributed by atoms with Crippen LogP contribution in [0.3, 0.4) is 0 Å². The number of carbonyl (C=O) groups excluding carboxylic acids is 2. The standard InChI is InChI=1S/C19H17FN4O3/c1-12-17(23-24(22-12)14-8-4-3-5-9-14)19(26)27-13(2)18(25)21-16-11-7-6-10-15(16)20/h3-11,13H,1-2H3,(H,21,25). The fourth-order valence-corrected chi connectivity index (χ4v) is 2.31. The van der Waals surface area contributed by atoms with E-state index in [0.717, 1.165) is 0 Å². The van der Waals surface area contributed by atoms with Crippen molar-refractivity contribution in [1.82, 2.24) is 15.0 Å². The van der Waals surface area contributed by atoms with Gasteiger partial charge in [-0.15, -0.1) is 5.10 Å². The highest BCUT2D eigenvalue weighted by Crippen LogP contribution is 2.14. The molecule has 0 bridgehead atoms. The number of aromatic nitrogens is 3. The molecule has 0 aliphatic heterocycles. The van der Waals surface area contributed by atoms with E-state index < -0.39 is 23.8 Å². The number of amides is 1. The number of para-hydroxylation sites is 2. The molecule has 138 valence electrons. The van der Waals surface area contributed by atoms with Crippen LogP contribution in [0.2, 0.25) is 0 Å². The van der Waals surface area contributed by atoms with E-state index in [2.05, 4.69) is 15.5 Å². The summed E-state index contributed by atoms with van der Waals surface area (Å²) in [5.74, 6) is -2.02. The molecule has 0 saturated heterocycles. The number of aryl methyl sites for hydroxylation is 1. The minimum atomic E-state index is -1.14. The van der Waals surface area contributed by atoms with E-state index in [1.165, 1.54) is 29.9 Å². The average Bonchev–Trinajstić information content (AvgIpc) is 3.06. The van der Waals surface area contributed by atoms with E-state index in [0.29, 0.717) is 11.4 Å². The molecule has 0 aliphatic rings. The molecule has 3 rings (SSSR count). The van der Waals surface area contributed by atoms with E-state index in [9.17, 15) is 14.0 Å². The highest BCUT2D eigenvalue weighted by molar-refractivity contribution is 5.97. The predicted octanol–water partition coefficient (Wildman–Crippen LogP) is 2.90. The second kappa shape index (κ2) is 7.77. The first kappa shape index (κ1) is 18.2. The average molecular weight is 368 g/mol. The fourth-order valence-electron chi connectivity index (χ4n) is 2.31. The third kappa shape index (κ3) is 4.17. The maximum Gasteiger partial charge on any atom is 0.361 e. The SMILES string of the molecule is Cc1nn(-c2ccccc2)nc1C(=O)OC(C)C(=O)Nc1ccccc1F. The van der Waals surface area contributed by atoms with Gasteiger partial charge in [0, 0.05) is 0 Å². The number of hydrogen-bond acceptors (Lipinski definition) is 5. The van der Waals surface area contributed by atoms with Gasteiger partial charge in [-0.1, -0.05) is 30.3 Å².